The molecule has 1 saturated heterocycles. The molecule has 0 aromatic carbocycles. The van der Waals surface area contributed by atoms with Crippen LogP contribution in [0, 0.1) is 11.8 Å². The van der Waals surface area contributed by atoms with Crippen LogP contribution in [0.4, 0.5) is 0 Å². The van der Waals surface area contributed by atoms with Gasteiger partial charge in [0.2, 0.25) is 0 Å². The summed E-state index contributed by atoms with van der Waals surface area (Å²) < 4.78 is 0. The molecule has 120 valence electrons. The molecule has 1 aromatic rings. The highest BCUT2D eigenvalue weighted by Gasteiger charge is 2.36. The van der Waals surface area contributed by atoms with E-state index in [-0.39, 0.29) is 0 Å². The van der Waals surface area contributed by atoms with Gasteiger partial charge in [-0.1, -0.05) is 41.0 Å². The number of thiazole rings is 1. The molecule has 1 N–H and O–H groups in total. The lowest BCUT2D eigenvalue weighted by Crippen LogP contribution is -2.60. The highest BCUT2D eigenvalue weighted by Crippen LogP contribution is 2.32. The lowest BCUT2D eigenvalue weighted by molar-refractivity contribution is 0.0405. The third-order valence-corrected chi connectivity index (χ3v) is 5.92. The fourth-order valence-corrected chi connectivity index (χ4v) is 4.25. The first-order chi connectivity index (χ1) is 10.1. The van der Waals surface area contributed by atoms with E-state index in [1.165, 1.54) is 11.4 Å². The Morgan fingerprint density at radius 2 is 2.10 bits per heavy atom. The first kappa shape index (κ1) is 16.9. The van der Waals surface area contributed by atoms with E-state index in [2.05, 4.69) is 55.2 Å². The second-order valence-electron chi connectivity index (χ2n) is 6.70. The van der Waals surface area contributed by atoms with Gasteiger partial charge in [0.05, 0.1) is 6.04 Å². The highest BCUT2D eigenvalue weighted by molar-refractivity contribution is 7.09. The van der Waals surface area contributed by atoms with Gasteiger partial charge in [-0.2, -0.15) is 0 Å². The summed E-state index contributed by atoms with van der Waals surface area (Å²) in [6, 6.07) is 1.70. The van der Waals surface area contributed by atoms with Gasteiger partial charge >= 0.3 is 0 Å². The van der Waals surface area contributed by atoms with Crippen molar-refractivity contribution in [1.29, 1.82) is 0 Å². The SMILES string of the molecule is CCC(C)C1CN(C(CC)c2nccs2)C(C(C)C)CN1. The van der Waals surface area contributed by atoms with E-state index in [9.17, 15) is 0 Å². The van der Waals surface area contributed by atoms with E-state index in [1.807, 2.05) is 6.20 Å². The van der Waals surface area contributed by atoms with Crippen molar-refractivity contribution in [2.45, 2.75) is 65.6 Å². The molecule has 0 bridgehead atoms. The Balaban J connectivity index is 2.20. The maximum absolute atomic E-state index is 4.60. The minimum absolute atomic E-state index is 0.478. The van der Waals surface area contributed by atoms with Crippen LogP contribution in [0.5, 0.6) is 0 Å². The van der Waals surface area contributed by atoms with E-state index in [0.717, 1.165) is 25.4 Å². The van der Waals surface area contributed by atoms with E-state index >= 15 is 0 Å². The van der Waals surface area contributed by atoms with Gasteiger partial charge < -0.3 is 5.32 Å². The van der Waals surface area contributed by atoms with Gasteiger partial charge in [0, 0.05) is 36.8 Å². The lowest BCUT2D eigenvalue weighted by Gasteiger charge is -2.47. The minimum atomic E-state index is 0.478. The summed E-state index contributed by atoms with van der Waals surface area (Å²) in [4.78, 5) is 7.34. The average Bonchev–Trinajstić information content (AvgIpc) is 3.01. The summed E-state index contributed by atoms with van der Waals surface area (Å²) in [6.45, 7) is 13.9. The Hall–Kier alpha value is -0.450. The molecule has 21 heavy (non-hydrogen) atoms. The molecule has 1 fully saturated rings. The topological polar surface area (TPSA) is 28.2 Å². The van der Waals surface area contributed by atoms with Gasteiger partial charge in [-0.15, -0.1) is 11.3 Å². The number of nitrogens with one attached hydrogen (secondary N) is 1. The predicted octanol–water partition coefficient (Wildman–Crippen LogP) is 3.94. The van der Waals surface area contributed by atoms with Crippen molar-refractivity contribution in [2.75, 3.05) is 13.1 Å². The Kier molecular flexibility index (Phi) is 6.20. The Bertz CT molecular complexity index is 404. The van der Waals surface area contributed by atoms with Crippen molar-refractivity contribution < 1.29 is 0 Å². The second-order valence-corrected chi connectivity index (χ2v) is 7.63. The molecule has 1 aromatic heterocycles. The number of aromatic nitrogens is 1. The van der Waals surface area contributed by atoms with Crippen molar-refractivity contribution in [1.82, 2.24) is 15.2 Å². The summed E-state index contributed by atoms with van der Waals surface area (Å²) in [5.74, 6) is 1.40. The zero-order valence-corrected chi connectivity index (χ0v) is 15.0. The van der Waals surface area contributed by atoms with Crippen LogP contribution in [-0.4, -0.2) is 35.1 Å². The maximum Gasteiger partial charge on any atom is 0.110 e. The summed E-state index contributed by atoms with van der Waals surface area (Å²) in [7, 11) is 0. The van der Waals surface area contributed by atoms with Crippen molar-refractivity contribution >= 4 is 11.3 Å². The zero-order chi connectivity index (χ0) is 15.4. The number of hydrogen-bond acceptors (Lipinski definition) is 4. The smallest absolute Gasteiger partial charge is 0.110 e. The number of piperazine rings is 1. The quantitative estimate of drug-likeness (QED) is 0.862. The average molecular weight is 310 g/mol. The van der Waals surface area contributed by atoms with Crippen LogP contribution in [0.1, 0.15) is 58.5 Å². The van der Waals surface area contributed by atoms with Crippen LogP contribution in [0.25, 0.3) is 0 Å². The second kappa shape index (κ2) is 7.70. The van der Waals surface area contributed by atoms with E-state index < -0.39 is 0 Å². The molecule has 0 spiro atoms. The normalized spacial score (nSPS) is 27.0. The summed E-state index contributed by atoms with van der Waals surface area (Å²) in [6.07, 6.45) is 4.33. The summed E-state index contributed by atoms with van der Waals surface area (Å²) in [5.41, 5.74) is 0. The van der Waals surface area contributed by atoms with Crippen molar-refractivity contribution in [2.24, 2.45) is 11.8 Å². The molecule has 1 aliphatic rings. The molecule has 3 nitrogen and oxygen atoms in total. The molecule has 2 rings (SSSR count). The summed E-state index contributed by atoms with van der Waals surface area (Å²) in [5, 5.41) is 7.19. The molecule has 4 atom stereocenters. The molecule has 1 aliphatic heterocycles. The molecule has 4 heteroatoms. The van der Waals surface area contributed by atoms with Gasteiger partial charge in [0.15, 0.2) is 0 Å². The fraction of sp³-hybridized carbons (Fsp3) is 0.824. The van der Waals surface area contributed by atoms with E-state index in [1.54, 1.807) is 11.3 Å². The van der Waals surface area contributed by atoms with Crippen molar-refractivity contribution in [3.05, 3.63) is 16.6 Å². The molecule has 0 amide bonds. The minimum Gasteiger partial charge on any atom is -0.311 e. The number of rotatable bonds is 6. The van der Waals surface area contributed by atoms with Gasteiger partial charge in [-0.25, -0.2) is 4.98 Å². The zero-order valence-electron chi connectivity index (χ0n) is 14.2. The Labute approximate surface area is 134 Å². The molecule has 0 saturated carbocycles. The van der Waals surface area contributed by atoms with Crippen LogP contribution in [-0.2, 0) is 0 Å². The molecule has 4 unspecified atom stereocenters. The van der Waals surface area contributed by atoms with Crippen LogP contribution >= 0.6 is 11.3 Å². The molecule has 2 heterocycles. The molecule has 0 aliphatic carbocycles. The van der Waals surface area contributed by atoms with Crippen molar-refractivity contribution in [3.8, 4) is 0 Å². The van der Waals surface area contributed by atoms with E-state index in [4.69, 9.17) is 0 Å². The maximum atomic E-state index is 4.60. The standard InChI is InChI=1S/C17H31N3S/c1-6-13(5)14-11-20(16(10-19-14)12(3)4)15(7-2)17-18-8-9-21-17/h8-9,12-16,19H,6-7,10-11H2,1-5H3. The van der Waals surface area contributed by atoms with Gasteiger partial charge in [-0.05, 0) is 18.3 Å². The van der Waals surface area contributed by atoms with Gasteiger partial charge in [0.25, 0.3) is 0 Å². The largest absolute Gasteiger partial charge is 0.311 e. The predicted molar refractivity (Wildman–Crippen MR) is 91.7 cm³/mol. The van der Waals surface area contributed by atoms with Gasteiger partial charge in [0.1, 0.15) is 5.01 Å². The van der Waals surface area contributed by atoms with Crippen LogP contribution in [0.15, 0.2) is 11.6 Å². The van der Waals surface area contributed by atoms with E-state index in [0.29, 0.717) is 24.0 Å². The first-order valence-electron chi connectivity index (χ1n) is 8.46. The monoisotopic (exact) mass is 309 g/mol. The van der Waals surface area contributed by atoms with Gasteiger partial charge in [-0.3, -0.25) is 4.90 Å². The third kappa shape index (κ3) is 3.85. The van der Waals surface area contributed by atoms with Crippen molar-refractivity contribution in [3.63, 3.8) is 0 Å². The Morgan fingerprint density at radius 3 is 2.62 bits per heavy atom. The number of hydrogen-bond donors (Lipinski definition) is 1. The van der Waals surface area contributed by atoms with Crippen LogP contribution in [0.3, 0.4) is 0 Å². The molecular weight excluding hydrogens is 278 g/mol. The Morgan fingerprint density at radius 1 is 1.33 bits per heavy atom. The van der Waals surface area contributed by atoms with Crippen LogP contribution < -0.4 is 5.32 Å². The first-order valence-corrected chi connectivity index (χ1v) is 9.34. The molecule has 0 radical (unpaired) electrons. The third-order valence-electron chi connectivity index (χ3n) is 5.05. The highest BCUT2D eigenvalue weighted by atomic mass is 32.1. The molecular formula is C17H31N3S. The fourth-order valence-electron chi connectivity index (χ4n) is 3.41. The van der Waals surface area contributed by atoms with Crippen LogP contribution in [0.2, 0.25) is 0 Å². The number of nitrogens with zero attached hydrogens (tertiary/aromatic N) is 2. The summed E-state index contributed by atoms with van der Waals surface area (Å²) >= 11 is 1.81. The lowest BCUT2D eigenvalue weighted by atomic mass is 9.90.